The van der Waals surface area contributed by atoms with Crippen LogP contribution in [-0.2, 0) is 6.61 Å². The largest absolute Gasteiger partial charge is 0.486 e. The summed E-state index contributed by atoms with van der Waals surface area (Å²) >= 11 is 3.11. The summed E-state index contributed by atoms with van der Waals surface area (Å²) in [6, 6.07) is 8.44. The molecule has 19 heavy (non-hydrogen) atoms. The molecule has 0 amide bonds. The predicted molar refractivity (Wildman–Crippen MR) is 74.3 cm³/mol. The summed E-state index contributed by atoms with van der Waals surface area (Å²) in [5, 5.41) is 0. The highest BCUT2D eigenvalue weighted by molar-refractivity contribution is 9.10. The molecule has 0 aromatic heterocycles. The molecule has 1 nitrogen and oxygen atoms in total. The molecule has 0 saturated carbocycles. The summed E-state index contributed by atoms with van der Waals surface area (Å²) in [6.07, 6.45) is 0. The molecule has 0 unspecified atom stereocenters. The van der Waals surface area contributed by atoms with Crippen molar-refractivity contribution in [3.63, 3.8) is 0 Å². The van der Waals surface area contributed by atoms with Crippen molar-refractivity contribution in [2.24, 2.45) is 0 Å². The van der Waals surface area contributed by atoms with E-state index in [9.17, 15) is 8.78 Å². The molecule has 0 bridgehead atoms. The fourth-order valence-corrected chi connectivity index (χ4v) is 2.16. The standard InChI is InChI=1S/C15H13BrF2O/c1-9-3-4-10(2)11(5-9)8-19-14-7-12(16)6-13(17)15(14)18/h3-7H,8H2,1-2H3. The Bertz CT molecular complexity index is 611. The Hall–Kier alpha value is -1.42. The lowest BCUT2D eigenvalue weighted by molar-refractivity contribution is 0.283. The van der Waals surface area contributed by atoms with E-state index in [0.717, 1.165) is 22.8 Å². The van der Waals surface area contributed by atoms with E-state index in [-0.39, 0.29) is 12.4 Å². The molecular formula is C15H13BrF2O. The number of rotatable bonds is 3. The maximum absolute atomic E-state index is 13.5. The minimum atomic E-state index is -0.964. The molecule has 2 rings (SSSR count). The van der Waals surface area contributed by atoms with Crippen LogP contribution in [0.2, 0.25) is 0 Å². The van der Waals surface area contributed by atoms with Gasteiger partial charge in [0.1, 0.15) is 6.61 Å². The van der Waals surface area contributed by atoms with Crippen molar-refractivity contribution < 1.29 is 13.5 Å². The van der Waals surface area contributed by atoms with Gasteiger partial charge in [0.15, 0.2) is 11.6 Å². The molecule has 0 radical (unpaired) electrons. The second kappa shape index (κ2) is 5.70. The van der Waals surface area contributed by atoms with Gasteiger partial charge in [-0.2, -0.15) is 4.39 Å². The van der Waals surface area contributed by atoms with Gasteiger partial charge in [-0.05, 0) is 37.1 Å². The normalized spacial score (nSPS) is 10.6. The summed E-state index contributed by atoms with van der Waals surface area (Å²) in [6.45, 7) is 4.14. The Morgan fingerprint density at radius 1 is 1.11 bits per heavy atom. The summed E-state index contributed by atoms with van der Waals surface area (Å²) in [5.41, 5.74) is 3.12. The van der Waals surface area contributed by atoms with Crippen LogP contribution in [0.1, 0.15) is 16.7 Å². The minimum absolute atomic E-state index is 0.0900. The summed E-state index contributed by atoms with van der Waals surface area (Å²) in [5.74, 6) is -1.98. The van der Waals surface area contributed by atoms with Gasteiger partial charge in [0.05, 0.1) is 0 Å². The van der Waals surface area contributed by atoms with E-state index in [1.807, 2.05) is 32.0 Å². The van der Waals surface area contributed by atoms with E-state index in [1.165, 1.54) is 6.07 Å². The van der Waals surface area contributed by atoms with E-state index < -0.39 is 11.6 Å². The van der Waals surface area contributed by atoms with Crippen molar-refractivity contribution in [1.29, 1.82) is 0 Å². The highest BCUT2D eigenvalue weighted by Crippen LogP contribution is 2.26. The quantitative estimate of drug-likeness (QED) is 0.727. The smallest absolute Gasteiger partial charge is 0.200 e. The maximum atomic E-state index is 13.5. The molecule has 0 heterocycles. The Balaban J connectivity index is 2.21. The van der Waals surface area contributed by atoms with Crippen molar-refractivity contribution in [1.82, 2.24) is 0 Å². The van der Waals surface area contributed by atoms with Crippen LogP contribution >= 0.6 is 15.9 Å². The Morgan fingerprint density at radius 2 is 1.84 bits per heavy atom. The molecular weight excluding hydrogens is 314 g/mol. The van der Waals surface area contributed by atoms with Gasteiger partial charge in [-0.1, -0.05) is 39.7 Å². The molecule has 0 N–H and O–H groups in total. The van der Waals surface area contributed by atoms with Crippen LogP contribution in [0.3, 0.4) is 0 Å². The monoisotopic (exact) mass is 326 g/mol. The van der Waals surface area contributed by atoms with Gasteiger partial charge in [-0.15, -0.1) is 0 Å². The zero-order chi connectivity index (χ0) is 14.0. The average molecular weight is 327 g/mol. The van der Waals surface area contributed by atoms with Crippen LogP contribution < -0.4 is 4.74 Å². The third kappa shape index (κ3) is 3.32. The lowest BCUT2D eigenvalue weighted by Gasteiger charge is -2.11. The lowest BCUT2D eigenvalue weighted by Crippen LogP contribution is -2.01. The van der Waals surface area contributed by atoms with Crippen molar-refractivity contribution in [2.45, 2.75) is 20.5 Å². The molecule has 0 aliphatic carbocycles. The highest BCUT2D eigenvalue weighted by atomic mass is 79.9. The first-order valence-electron chi connectivity index (χ1n) is 5.81. The second-order valence-corrected chi connectivity index (χ2v) is 5.33. The predicted octanol–water partition coefficient (Wildman–Crippen LogP) is 4.92. The van der Waals surface area contributed by atoms with E-state index in [4.69, 9.17) is 4.74 Å². The lowest BCUT2D eigenvalue weighted by atomic mass is 10.1. The maximum Gasteiger partial charge on any atom is 0.200 e. The number of ether oxygens (including phenoxy) is 1. The van der Waals surface area contributed by atoms with Crippen LogP contribution in [0.15, 0.2) is 34.8 Å². The van der Waals surface area contributed by atoms with Crippen molar-refractivity contribution in [3.05, 3.63) is 63.1 Å². The fourth-order valence-electron chi connectivity index (χ4n) is 1.75. The molecule has 4 heteroatoms. The first kappa shape index (κ1) is 14.0. The van der Waals surface area contributed by atoms with Crippen molar-refractivity contribution in [2.75, 3.05) is 0 Å². The molecule has 0 fully saturated rings. The van der Waals surface area contributed by atoms with Crippen LogP contribution in [0.25, 0.3) is 0 Å². The Kier molecular flexibility index (Phi) is 4.20. The first-order valence-corrected chi connectivity index (χ1v) is 6.60. The second-order valence-electron chi connectivity index (χ2n) is 4.42. The third-order valence-corrected chi connectivity index (χ3v) is 3.31. The number of hydrogen-bond donors (Lipinski definition) is 0. The number of benzene rings is 2. The van der Waals surface area contributed by atoms with Gasteiger partial charge in [-0.25, -0.2) is 4.39 Å². The highest BCUT2D eigenvalue weighted by Gasteiger charge is 2.11. The number of aryl methyl sites for hydroxylation is 2. The van der Waals surface area contributed by atoms with Gasteiger partial charge >= 0.3 is 0 Å². The molecule has 0 aliphatic heterocycles. The van der Waals surface area contributed by atoms with Crippen LogP contribution in [0, 0.1) is 25.5 Å². The minimum Gasteiger partial charge on any atom is -0.486 e. The molecule has 0 aliphatic rings. The zero-order valence-corrected chi connectivity index (χ0v) is 12.2. The van der Waals surface area contributed by atoms with E-state index in [2.05, 4.69) is 15.9 Å². The topological polar surface area (TPSA) is 9.23 Å². The van der Waals surface area contributed by atoms with E-state index >= 15 is 0 Å². The molecule has 0 saturated heterocycles. The molecule has 2 aromatic rings. The fraction of sp³-hybridized carbons (Fsp3) is 0.200. The van der Waals surface area contributed by atoms with Gasteiger partial charge in [0, 0.05) is 4.47 Å². The van der Waals surface area contributed by atoms with Gasteiger partial charge in [0.2, 0.25) is 5.82 Å². The summed E-state index contributed by atoms with van der Waals surface area (Å²) in [4.78, 5) is 0. The van der Waals surface area contributed by atoms with E-state index in [0.29, 0.717) is 4.47 Å². The Labute approximate surface area is 119 Å². The van der Waals surface area contributed by atoms with Gasteiger partial charge in [0.25, 0.3) is 0 Å². The molecule has 0 spiro atoms. The van der Waals surface area contributed by atoms with E-state index in [1.54, 1.807) is 0 Å². The average Bonchev–Trinajstić information content (AvgIpc) is 2.35. The first-order chi connectivity index (χ1) is 8.97. The third-order valence-electron chi connectivity index (χ3n) is 2.85. The number of hydrogen-bond acceptors (Lipinski definition) is 1. The van der Waals surface area contributed by atoms with Crippen LogP contribution in [0.4, 0.5) is 8.78 Å². The SMILES string of the molecule is Cc1ccc(C)c(COc2cc(Br)cc(F)c2F)c1. The summed E-state index contributed by atoms with van der Waals surface area (Å²) in [7, 11) is 0. The van der Waals surface area contributed by atoms with Crippen LogP contribution in [0.5, 0.6) is 5.75 Å². The molecule has 100 valence electrons. The van der Waals surface area contributed by atoms with Gasteiger partial charge in [-0.3, -0.25) is 0 Å². The number of halogens is 3. The van der Waals surface area contributed by atoms with Crippen molar-refractivity contribution >= 4 is 15.9 Å². The molecule has 0 atom stereocenters. The Morgan fingerprint density at radius 3 is 2.58 bits per heavy atom. The van der Waals surface area contributed by atoms with Crippen molar-refractivity contribution in [3.8, 4) is 5.75 Å². The summed E-state index contributed by atoms with van der Waals surface area (Å²) < 4.78 is 32.6. The van der Waals surface area contributed by atoms with Gasteiger partial charge < -0.3 is 4.74 Å². The van der Waals surface area contributed by atoms with Crippen LogP contribution in [-0.4, -0.2) is 0 Å². The zero-order valence-electron chi connectivity index (χ0n) is 10.6. The molecule has 2 aromatic carbocycles.